The van der Waals surface area contributed by atoms with Gasteiger partial charge < -0.3 is 15.2 Å². The molecule has 0 spiro atoms. The van der Waals surface area contributed by atoms with E-state index in [2.05, 4.69) is 5.32 Å². The van der Waals surface area contributed by atoms with Gasteiger partial charge >= 0.3 is 5.97 Å². The van der Waals surface area contributed by atoms with Crippen LogP contribution < -0.4 is 5.32 Å². The lowest BCUT2D eigenvalue weighted by atomic mass is 10.0. The van der Waals surface area contributed by atoms with Gasteiger partial charge in [0, 0.05) is 20.1 Å². The first kappa shape index (κ1) is 15.9. The number of amides is 1. The molecular weight excluding hydrogens is 274 g/mol. The zero-order valence-electron chi connectivity index (χ0n) is 10.8. The molecule has 1 rings (SSSR count). The number of carbonyl (C=O) groups is 2. The van der Waals surface area contributed by atoms with Crippen molar-refractivity contribution in [2.45, 2.75) is 25.8 Å². The van der Waals surface area contributed by atoms with Crippen molar-refractivity contribution < 1.29 is 27.9 Å². The van der Waals surface area contributed by atoms with Crippen LogP contribution in [0.4, 0.5) is 0 Å². The molecule has 2 N–H and O–H groups in total. The fraction of sp³-hybridized carbons (Fsp3) is 0.818. The predicted molar refractivity (Wildman–Crippen MR) is 67.4 cm³/mol. The molecule has 1 saturated heterocycles. The SMILES string of the molecule is CC(=O)NC(CS(=O)(=O)CC1CCOCC1)C(=O)O. The second-order valence-corrected chi connectivity index (χ2v) is 6.88. The highest BCUT2D eigenvalue weighted by Gasteiger charge is 2.28. The zero-order chi connectivity index (χ0) is 14.5. The summed E-state index contributed by atoms with van der Waals surface area (Å²) in [5, 5.41) is 11.0. The van der Waals surface area contributed by atoms with Gasteiger partial charge in [-0.15, -0.1) is 0 Å². The number of sulfone groups is 1. The number of carboxylic acid groups (broad SMARTS) is 1. The third-order valence-corrected chi connectivity index (χ3v) is 4.75. The maximum atomic E-state index is 11.9. The minimum atomic E-state index is -3.52. The maximum absolute atomic E-state index is 11.9. The smallest absolute Gasteiger partial charge is 0.327 e. The first-order valence-corrected chi connectivity index (χ1v) is 7.90. The van der Waals surface area contributed by atoms with Crippen LogP contribution in [0.1, 0.15) is 19.8 Å². The lowest BCUT2D eigenvalue weighted by molar-refractivity contribution is -0.140. The summed E-state index contributed by atoms with van der Waals surface area (Å²) in [5.74, 6) is -2.52. The Morgan fingerprint density at radius 3 is 2.42 bits per heavy atom. The van der Waals surface area contributed by atoms with E-state index in [0.29, 0.717) is 26.1 Å². The second-order valence-electron chi connectivity index (χ2n) is 4.72. The molecular formula is C11H19NO6S. The van der Waals surface area contributed by atoms with Gasteiger partial charge in [-0.1, -0.05) is 0 Å². The average Bonchev–Trinajstić information content (AvgIpc) is 2.27. The highest BCUT2D eigenvalue weighted by molar-refractivity contribution is 7.91. The quantitative estimate of drug-likeness (QED) is 0.678. The van der Waals surface area contributed by atoms with Gasteiger partial charge in [-0.2, -0.15) is 0 Å². The van der Waals surface area contributed by atoms with E-state index in [9.17, 15) is 18.0 Å². The van der Waals surface area contributed by atoms with Crippen LogP contribution in [0.5, 0.6) is 0 Å². The molecule has 110 valence electrons. The molecule has 0 aromatic heterocycles. The lowest BCUT2D eigenvalue weighted by Gasteiger charge is -2.22. The molecule has 1 aliphatic rings. The molecule has 0 aliphatic carbocycles. The topological polar surface area (TPSA) is 110 Å². The number of ether oxygens (including phenoxy) is 1. The van der Waals surface area contributed by atoms with E-state index >= 15 is 0 Å². The summed E-state index contributed by atoms with van der Waals surface area (Å²) in [6, 6.07) is -1.39. The second kappa shape index (κ2) is 6.85. The summed E-state index contributed by atoms with van der Waals surface area (Å²) >= 11 is 0. The summed E-state index contributed by atoms with van der Waals surface area (Å²) in [5.41, 5.74) is 0. The van der Waals surface area contributed by atoms with Crippen molar-refractivity contribution in [3.05, 3.63) is 0 Å². The third-order valence-electron chi connectivity index (χ3n) is 2.93. The molecule has 1 unspecified atom stereocenters. The molecule has 8 heteroatoms. The Balaban J connectivity index is 2.59. The molecule has 19 heavy (non-hydrogen) atoms. The molecule has 1 atom stereocenters. The Hall–Kier alpha value is -1.15. The van der Waals surface area contributed by atoms with Crippen molar-refractivity contribution in [1.29, 1.82) is 0 Å². The summed E-state index contributed by atoms with van der Waals surface area (Å²) in [4.78, 5) is 21.8. The fourth-order valence-corrected chi connectivity index (χ4v) is 3.94. The van der Waals surface area contributed by atoms with Gasteiger partial charge in [-0.3, -0.25) is 4.79 Å². The van der Waals surface area contributed by atoms with E-state index in [1.807, 2.05) is 0 Å². The van der Waals surface area contributed by atoms with Crippen LogP contribution >= 0.6 is 0 Å². The number of carboxylic acids is 1. The van der Waals surface area contributed by atoms with Crippen LogP contribution in [0.25, 0.3) is 0 Å². The first-order chi connectivity index (χ1) is 8.80. The van der Waals surface area contributed by atoms with E-state index in [1.54, 1.807) is 0 Å². The monoisotopic (exact) mass is 293 g/mol. The Bertz CT molecular complexity index is 426. The van der Waals surface area contributed by atoms with Crippen molar-refractivity contribution in [3.8, 4) is 0 Å². The highest BCUT2D eigenvalue weighted by atomic mass is 32.2. The van der Waals surface area contributed by atoms with E-state index in [0.717, 1.165) is 6.92 Å². The third kappa shape index (κ3) is 6.02. The minimum absolute atomic E-state index is 0.00511. The summed E-state index contributed by atoms with van der Waals surface area (Å²) in [6.45, 7) is 2.23. The molecule has 7 nitrogen and oxygen atoms in total. The molecule has 0 bridgehead atoms. The molecule has 0 aromatic carbocycles. The molecule has 1 fully saturated rings. The molecule has 1 amide bonds. The predicted octanol–water partition coefficient (Wildman–Crippen LogP) is -0.583. The summed E-state index contributed by atoms with van der Waals surface area (Å²) in [6.07, 6.45) is 1.33. The van der Waals surface area contributed by atoms with E-state index in [4.69, 9.17) is 9.84 Å². The van der Waals surface area contributed by atoms with E-state index < -0.39 is 33.5 Å². The van der Waals surface area contributed by atoms with Crippen molar-refractivity contribution >= 4 is 21.7 Å². The molecule has 1 aliphatic heterocycles. The number of nitrogens with one attached hydrogen (secondary N) is 1. The standard InChI is InChI=1S/C11H19NO6S/c1-8(13)12-10(11(14)15)7-19(16,17)6-9-2-4-18-5-3-9/h9-10H,2-7H2,1H3,(H,12,13)(H,14,15). The Morgan fingerprint density at radius 2 is 1.95 bits per heavy atom. The van der Waals surface area contributed by atoms with E-state index in [-0.39, 0.29) is 11.7 Å². The first-order valence-electron chi connectivity index (χ1n) is 6.08. The molecule has 1 heterocycles. The van der Waals surface area contributed by atoms with Gasteiger partial charge in [0.1, 0.15) is 6.04 Å². The minimum Gasteiger partial charge on any atom is -0.480 e. The fourth-order valence-electron chi connectivity index (χ4n) is 2.01. The number of aliphatic carboxylic acids is 1. The van der Waals surface area contributed by atoms with Gasteiger partial charge in [0.15, 0.2) is 9.84 Å². The van der Waals surface area contributed by atoms with Gasteiger partial charge in [0.05, 0.1) is 11.5 Å². The van der Waals surface area contributed by atoms with Crippen LogP contribution in [-0.2, 0) is 24.2 Å². The maximum Gasteiger partial charge on any atom is 0.327 e. The van der Waals surface area contributed by atoms with Gasteiger partial charge in [0.2, 0.25) is 5.91 Å². The van der Waals surface area contributed by atoms with Crippen molar-refractivity contribution in [1.82, 2.24) is 5.32 Å². The Morgan fingerprint density at radius 1 is 1.37 bits per heavy atom. The average molecular weight is 293 g/mol. The van der Waals surface area contributed by atoms with Crippen LogP contribution in [0.15, 0.2) is 0 Å². The number of hydrogen-bond donors (Lipinski definition) is 2. The summed E-state index contributed by atoms with van der Waals surface area (Å²) in [7, 11) is -3.52. The van der Waals surface area contributed by atoms with Crippen molar-refractivity contribution in [2.24, 2.45) is 5.92 Å². The highest BCUT2D eigenvalue weighted by Crippen LogP contribution is 2.17. The molecule has 0 radical (unpaired) electrons. The lowest BCUT2D eigenvalue weighted by Crippen LogP contribution is -2.45. The Kier molecular flexibility index (Phi) is 5.74. The summed E-state index contributed by atoms with van der Waals surface area (Å²) < 4.78 is 29.0. The number of rotatable bonds is 6. The van der Waals surface area contributed by atoms with E-state index in [1.165, 1.54) is 0 Å². The van der Waals surface area contributed by atoms with Crippen molar-refractivity contribution in [3.63, 3.8) is 0 Å². The molecule has 0 saturated carbocycles. The Labute approximate surface area is 112 Å². The van der Waals surface area contributed by atoms with Crippen LogP contribution in [-0.4, -0.2) is 56.2 Å². The number of carbonyl (C=O) groups excluding carboxylic acids is 1. The zero-order valence-corrected chi connectivity index (χ0v) is 11.6. The van der Waals surface area contributed by atoms with Crippen LogP contribution in [0.3, 0.4) is 0 Å². The van der Waals surface area contributed by atoms with Gasteiger partial charge in [-0.25, -0.2) is 13.2 Å². The van der Waals surface area contributed by atoms with Crippen LogP contribution in [0, 0.1) is 5.92 Å². The normalized spacial score (nSPS) is 18.8. The molecule has 0 aromatic rings. The van der Waals surface area contributed by atoms with Gasteiger partial charge in [0.25, 0.3) is 0 Å². The van der Waals surface area contributed by atoms with Crippen LogP contribution in [0.2, 0.25) is 0 Å². The van der Waals surface area contributed by atoms with Crippen molar-refractivity contribution in [2.75, 3.05) is 24.7 Å². The van der Waals surface area contributed by atoms with Gasteiger partial charge in [-0.05, 0) is 18.8 Å². The number of hydrogen-bond acceptors (Lipinski definition) is 5. The largest absolute Gasteiger partial charge is 0.480 e.